The Morgan fingerprint density at radius 3 is 2.72 bits per heavy atom. The van der Waals surface area contributed by atoms with Crippen LogP contribution in [-0.2, 0) is 0 Å². The zero-order valence-corrected chi connectivity index (χ0v) is 10.9. The van der Waals surface area contributed by atoms with E-state index in [1.54, 1.807) is 16.8 Å². The second kappa shape index (κ2) is 5.28. The van der Waals surface area contributed by atoms with Gasteiger partial charge in [-0.2, -0.15) is 5.26 Å². The smallest absolute Gasteiger partial charge is 0.320 e. The third-order valence-electron chi connectivity index (χ3n) is 3.18. The van der Waals surface area contributed by atoms with Crippen LogP contribution in [0.4, 0.5) is 4.79 Å². The predicted molar refractivity (Wildman–Crippen MR) is 69.2 cm³/mol. The number of carbonyl (C=O) groups excluding carboxylic acids is 1. The lowest BCUT2D eigenvalue weighted by atomic mass is 10.1. The molecule has 1 fully saturated rings. The number of benzene rings is 1. The van der Waals surface area contributed by atoms with E-state index in [1.807, 2.05) is 24.3 Å². The van der Waals surface area contributed by atoms with Gasteiger partial charge in [0.05, 0.1) is 18.5 Å². The summed E-state index contributed by atoms with van der Waals surface area (Å²) in [7, 11) is 1.79. The molecule has 1 aromatic rings. The van der Waals surface area contributed by atoms with Crippen molar-refractivity contribution in [1.29, 1.82) is 5.26 Å². The lowest BCUT2D eigenvalue weighted by molar-refractivity contribution is 0.196. The van der Waals surface area contributed by atoms with Crippen LogP contribution in [0.25, 0.3) is 0 Å². The Labute approximate surface area is 111 Å². The molecule has 1 aliphatic rings. The van der Waals surface area contributed by atoms with Gasteiger partial charge in [0.25, 0.3) is 0 Å². The van der Waals surface area contributed by atoms with E-state index >= 15 is 0 Å². The molecule has 1 heterocycles. The molecular weight excluding hydrogens is 250 g/mol. The molecule has 0 aliphatic carbocycles. The largest absolute Gasteiger partial charge is 0.321 e. The van der Waals surface area contributed by atoms with E-state index in [2.05, 4.69) is 6.07 Å². The second-order valence-corrected chi connectivity index (χ2v) is 4.75. The molecule has 4 nitrogen and oxygen atoms in total. The Hall–Kier alpha value is -1.73. The Morgan fingerprint density at radius 1 is 1.44 bits per heavy atom. The number of likely N-dealkylation sites (N-methyl/N-ethyl adjacent to an activating group) is 1. The number of rotatable bonds is 3. The molecule has 1 aromatic carbocycles. The van der Waals surface area contributed by atoms with Crippen LogP contribution >= 0.6 is 11.6 Å². The summed E-state index contributed by atoms with van der Waals surface area (Å²) in [6, 6.07) is 9.60. The van der Waals surface area contributed by atoms with Gasteiger partial charge < -0.3 is 9.80 Å². The highest BCUT2D eigenvalue weighted by Gasteiger charge is 2.34. The molecule has 0 spiro atoms. The number of hydrogen-bond donors (Lipinski definition) is 0. The first-order chi connectivity index (χ1) is 8.63. The van der Waals surface area contributed by atoms with Crippen molar-refractivity contribution in [2.45, 2.75) is 12.5 Å². The maximum atomic E-state index is 12.0. The van der Waals surface area contributed by atoms with Crippen molar-refractivity contribution < 1.29 is 4.79 Å². The molecule has 0 N–H and O–H groups in total. The number of nitriles is 1. The van der Waals surface area contributed by atoms with Crippen molar-refractivity contribution >= 4 is 17.6 Å². The second-order valence-electron chi connectivity index (χ2n) is 4.31. The van der Waals surface area contributed by atoms with E-state index in [1.165, 1.54) is 0 Å². The molecular formula is C13H14ClN3O. The van der Waals surface area contributed by atoms with Gasteiger partial charge in [-0.25, -0.2) is 4.79 Å². The van der Waals surface area contributed by atoms with Gasteiger partial charge in [0.2, 0.25) is 0 Å². The molecule has 18 heavy (non-hydrogen) atoms. The van der Waals surface area contributed by atoms with Crippen molar-refractivity contribution in [3.8, 4) is 6.07 Å². The molecule has 0 saturated carbocycles. The molecule has 1 aliphatic heterocycles. The first-order valence-electron chi connectivity index (χ1n) is 5.77. The fraction of sp³-hybridized carbons (Fsp3) is 0.385. The first kappa shape index (κ1) is 12.7. The fourth-order valence-corrected chi connectivity index (χ4v) is 2.28. The third-order valence-corrected chi connectivity index (χ3v) is 3.43. The van der Waals surface area contributed by atoms with Gasteiger partial charge in [0, 0.05) is 25.2 Å². The summed E-state index contributed by atoms with van der Waals surface area (Å²) in [4.78, 5) is 15.4. The van der Waals surface area contributed by atoms with Crippen molar-refractivity contribution in [1.82, 2.24) is 9.80 Å². The minimum atomic E-state index is -0.0230. The minimum absolute atomic E-state index is 0.0230. The lowest BCUT2D eigenvalue weighted by Crippen LogP contribution is -2.30. The van der Waals surface area contributed by atoms with E-state index < -0.39 is 0 Å². The Balaban J connectivity index is 2.13. The molecule has 2 amide bonds. The van der Waals surface area contributed by atoms with Crippen molar-refractivity contribution in [3.63, 3.8) is 0 Å². The van der Waals surface area contributed by atoms with Gasteiger partial charge in [-0.15, -0.1) is 0 Å². The molecule has 1 unspecified atom stereocenters. The molecule has 2 rings (SSSR count). The minimum Gasteiger partial charge on any atom is -0.321 e. The van der Waals surface area contributed by atoms with Crippen LogP contribution in [0, 0.1) is 11.3 Å². The average Bonchev–Trinajstić information content (AvgIpc) is 2.65. The molecule has 0 bridgehead atoms. The number of hydrogen-bond acceptors (Lipinski definition) is 2. The van der Waals surface area contributed by atoms with Gasteiger partial charge in [-0.05, 0) is 17.7 Å². The van der Waals surface area contributed by atoms with Gasteiger partial charge in [-0.3, -0.25) is 0 Å². The third kappa shape index (κ3) is 2.41. The first-order valence-corrected chi connectivity index (χ1v) is 6.15. The van der Waals surface area contributed by atoms with Crippen LogP contribution < -0.4 is 0 Å². The summed E-state index contributed by atoms with van der Waals surface area (Å²) < 4.78 is 0. The highest BCUT2D eigenvalue weighted by Crippen LogP contribution is 2.28. The monoisotopic (exact) mass is 263 g/mol. The molecule has 94 valence electrons. The SMILES string of the molecule is CN1C(=O)N(CCC#N)CC1c1ccc(Cl)cc1. The zero-order chi connectivity index (χ0) is 13.1. The summed E-state index contributed by atoms with van der Waals surface area (Å²) in [6.45, 7) is 1.11. The van der Waals surface area contributed by atoms with Crippen LogP contribution in [0.5, 0.6) is 0 Å². The highest BCUT2D eigenvalue weighted by molar-refractivity contribution is 6.30. The maximum Gasteiger partial charge on any atom is 0.320 e. The lowest BCUT2D eigenvalue weighted by Gasteiger charge is -2.17. The fourth-order valence-electron chi connectivity index (χ4n) is 2.15. The average molecular weight is 264 g/mol. The topological polar surface area (TPSA) is 47.3 Å². The van der Waals surface area contributed by atoms with Crippen LogP contribution in [0.1, 0.15) is 18.0 Å². The van der Waals surface area contributed by atoms with Crippen LogP contribution in [0.2, 0.25) is 5.02 Å². The van der Waals surface area contributed by atoms with E-state index in [0.717, 1.165) is 5.56 Å². The quantitative estimate of drug-likeness (QED) is 0.842. The predicted octanol–water partition coefficient (Wildman–Crippen LogP) is 2.66. The standard InChI is InChI=1S/C13H14ClN3O/c1-16-12(10-3-5-11(14)6-4-10)9-17(13(16)18)8-2-7-15/h3-6,12H,2,8-9H2,1H3. The molecule has 1 atom stereocenters. The highest BCUT2D eigenvalue weighted by atomic mass is 35.5. The number of urea groups is 1. The molecule has 5 heteroatoms. The van der Waals surface area contributed by atoms with Crippen LogP contribution in [-0.4, -0.2) is 36.0 Å². The van der Waals surface area contributed by atoms with Gasteiger partial charge in [0.15, 0.2) is 0 Å². The van der Waals surface area contributed by atoms with E-state index in [-0.39, 0.29) is 12.1 Å². The van der Waals surface area contributed by atoms with E-state index in [0.29, 0.717) is 24.5 Å². The van der Waals surface area contributed by atoms with Crippen molar-refractivity contribution in [3.05, 3.63) is 34.9 Å². The molecule has 0 radical (unpaired) electrons. The summed E-state index contributed by atoms with van der Waals surface area (Å²) in [5.74, 6) is 0. The van der Waals surface area contributed by atoms with Crippen molar-refractivity contribution in [2.24, 2.45) is 0 Å². The Bertz CT molecular complexity index is 480. The summed E-state index contributed by atoms with van der Waals surface area (Å²) in [6.07, 6.45) is 0.368. The summed E-state index contributed by atoms with van der Waals surface area (Å²) in [5.41, 5.74) is 1.06. The van der Waals surface area contributed by atoms with Crippen LogP contribution in [0.3, 0.4) is 0 Å². The number of halogens is 1. The van der Waals surface area contributed by atoms with Crippen LogP contribution in [0.15, 0.2) is 24.3 Å². The number of amides is 2. The Kier molecular flexibility index (Phi) is 3.73. The van der Waals surface area contributed by atoms with Crippen molar-refractivity contribution in [2.75, 3.05) is 20.1 Å². The van der Waals surface area contributed by atoms with Gasteiger partial charge in [0.1, 0.15) is 0 Å². The summed E-state index contributed by atoms with van der Waals surface area (Å²) >= 11 is 5.85. The number of carbonyl (C=O) groups is 1. The zero-order valence-electron chi connectivity index (χ0n) is 10.1. The van der Waals surface area contributed by atoms with E-state index in [4.69, 9.17) is 16.9 Å². The maximum absolute atomic E-state index is 12.0. The normalized spacial score (nSPS) is 19.2. The summed E-state index contributed by atoms with van der Waals surface area (Å²) in [5, 5.41) is 9.26. The molecule has 1 saturated heterocycles. The number of nitrogens with zero attached hydrogens (tertiary/aromatic N) is 3. The Morgan fingerprint density at radius 2 is 2.11 bits per heavy atom. The van der Waals surface area contributed by atoms with E-state index in [9.17, 15) is 4.79 Å². The molecule has 0 aromatic heterocycles. The van der Waals surface area contributed by atoms with Gasteiger partial charge in [-0.1, -0.05) is 23.7 Å². The van der Waals surface area contributed by atoms with Gasteiger partial charge >= 0.3 is 6.03 Å².